The van der Waals surface area contributed by atoms with Gasteiger partial charge in [-0.05, 0) is 30.2 Å². The van der Waals surface area contributed by atoms with Gasteiger partial charge in [-0.1, -0.05) is 44.9 Å². The van der Waals surface area contributed by atoms with E-state index in [9.17, 15) is 0 Å². The van der Waals surface area contributed by atoms with Crippen LogP contribution in [0.15, 0.2) is 12.1 Å². The molecule has 20 heavy (non-hydrogen) atoms. The Morgan fingerprint density at radius 1 is 1.35 bits per heavy atom. The first-order valence-corrected chi connectivity index (χ1v) is 7.98. The highest BCUT2D eigenvalue weighted by Gasteiger charge is 2.38. The van der Waals surface area contributed by atoms with Crippen molar-refractivity contribution in [2.24, 2.45) is 11.3 Å². The van der Waals surface area contributed by atoms with Gasteiger partial charge in [-0.3, -0.25) is 0 Å². The van der Waals surface area contributed by atoms with Crippen molar-refractivity contribution in [2.45, 2.75) is 46.0 Å². The van der Waals surface area contributed by atoms with Crippen molar-refractivity contribution in [3.8, 4) is 11.5 Å². The van der Waals surface area contributed by atoms with E-state index in [4.69, 9.17) is 21.1 Å². The second kappa shape index (κ2) is 5.14. The van der Waals surface area contributed by atoms with Gasteiger partial charge in [0.15, 0.2) is 11.5 Å². The van der Waals surface area contributed by atoms with Crippen molar-refractivity contribution in [1.82, 2.24) is 0 Å². The lowest BCUT2D eigenvalue weighted by molar-refractivity contribution is 0.212. The van der Waals surface area contributed by atoms with Crippen molar-refractivity contribution >= 4 is 11.6 Å². The quantitative estimate of drug-likeness (QED) is 0.757. The molecule has 1 saturated carbocycles. The van der Waals surface area contributed by atoms with Gasteiger partial charge in [0, 0.05) is 11.5 Å². The third-order valence-corrected chi connectivity index (χ3v) is 5.18. The third-order valence-electron chi connectivity index (χ3n) is 4.88. The number of fused-ring (bicyclic) bond motifs is 1. The molecule has 1 aliphatic heterocycles. The predicted octanol–water partition coefficient (Wildman–Crippen LogP) is 5.04. The van der Waals surface area contributed by atoms with Crippen LogP contribution in [0.3, 0.4) is 0 Å². The van der Waals surface area contributed by atoms with Gasteiger partial charge in [-0.15, -0.1) is 0 Å². The molecular formula is C17H23ClO2. The van der Waals surface area contributed by atoms with Crippen LogP contribution >= 0.6 is 11.6 Å². The van der Waals surface area contributed by atoms with Crippen LogP contribution in [0, 0.1) is 11.3 Å². The lowest BCUT2D eigenvalue weighted by atomic mass is 9.74. The van der Waals surface area contributed by atoms with Crippen molar-refractivity contribution in [1.29, 1.82) is 0 Å². The topological polar surface area (TPSA) is 18.5 Å². The van der Waals surface area contributed by atoms with Crippen LogP contribution in [0.25, 0.3) is 0 Å². The Morgan fingerprint density at radius 3 is 2.75 bits per heavy atom. The summed E-state index contributed by atoms with van der Waals surface area (Å²) < 4.78 is 11.9. The summed E-state index contributed by atoms with van der Waals surface area (Å²) in [6.45, 7) is 8.33. The van der Waals surface area contributed by atoms with Gasteiger partial charge in [-0.25, -0.2) is 0 Å². The fourth-order valence-corrected chi connectivity index (χ4v) is 2.95. The Morgan fingerprint density at radius 2 is 2.10 bits per heavy atom. The van der Waals surface area contributed by atoms with Gasteiger partial charge in [-0.2, -0.15) is 0 Å². The van der Waals surface area contributed by atoms with Gasteiger partial charge in [0.25, 0.3) is 0 Å². The number of rotatable bonds is 5. The summed E-state index contributed by atoms with van der Waals surface area (Å²) in [5.74, 6) is 2.77. The van der Waals surface area contributed by atoms with Crippen molar-refractivity contribution in [2.75, 3.05) is 13.2 Å². The zero-order chi connectivity index (χ0) is 14.3. The zero-order valence-corrected chi connectivity index (χ0v) is 13.3. The van der Waals surface area contributed by atoms with Crippen molar-refractivity contribution in [3.63, 3.8) is 0 Å². The lowest BCUT2D eigenvalue weighted by Crippen LogP contribution is -2.22. The fraction of sp³-hybridized carbons (Fsp3) is 0.647. The van der Waals surface area contributed by atoms with E-state index < -0.39 is 0 Å². The van der Waals surface area contributed by atoms with Crippen LogP contribution < -0.4 is 9.47 Å². The lowest BCUT2D eigenvalue weighted by Gasteiger charge is -2.29. The highest BCUT2D eigenvalue weighted by atomic mass is 35.5. The normalized spacial score (nSPS) is 21.5. The minimum absolute atomic E-state index is 0.229. The van der Waals surface area contributed by atoms with E-state index in [1.165, 1.54) is 18.4 Å². The Labute approximate surface area is 126 Å². The average molecular weight is 295 g/mol. The largest absolute Gasteiger partial charge is 0.489 e. The monoisotopic (exact) mass is 294 g/mol. The minimum atomic E-state index is 0.229. The first-order valence-electron chi connectivity index (χ1n) is 7.61. The Bertz CT molecular complexity index is 506. The Kier molecular flexibility index (Phi) is 3.62. The highest BCUT2D eigenvalue weighted by Crippen LogP contribution is 2.51. The zero-order valence-electron chi connectivity index (χ0n) is 12.5. The molecule has 2 aliphatic rings. The molecule has 0 bridgehead atoms. The number of hydrogen-bond acceptors (Lipinski definition) is 2. The molecule has 110 valence electrons. The molecule has 0 radical (unpaired) electrons. The van der Waals surface area contributed by atoms with Crippen LogP contribution in [0.2, 0.25) is 5.02 Å². The number of ether oxygens (including phenoxy) is 2. The summed E-state index contributed by atoms with van der Waals surface area (Å²) in [5, 5.41) is 0.666. The van der Waals surface area contributed by atoms with Crippen molar-refractivity contribution < 1.29 is 9.47 Å². The van der Waals surface area contributed by atoms with E-state index in [1.54, 1.807) is 0 Å². The molecule has 0 N–H and O–H groups in total. The van der Waals surface area contributed by atoms with Gasteiger partial charge >= 0.3 is 0 Å². The van der Waals surface area contributed by atoms with E-state index in [0.717, 1.165) is 31.1 Å². The first-order chi connectivity index (χ1) is 9.53. The molecule has 3 heteroatoms. The number of benzene rings is 1. The highest BCUT2D eigenvalue weighted by molar-refractivity contribution is 6.32. The van der Waals surface area contributed by atoms with Crippen molar-refractivity contribution in [3.05, 3.63) is 22.7 Å². The predicted molar refractivity (Wildman–Crippen MR) is 82.0 cm³/mol. The van der Waals surface area contributed by atoms with Crippen LogP contribution in [0.5, 0.6) is 11.5 Å². The second-order valence-corrected chi connectivity index (χ2v) is 7.16. The molecular weight excluding hydrogens is 272 g/mol. The standard InChI is InChI=1S/C17H23ClO2/c1-4-17(2,3)13-10-20-15-12(13)7-8-14(18)16(15)19-9-11-5-6-11/h7-8,11,13H,4-6,9-10H2,1-3H3/t13-/m1/s1. The number of hydrogen-bond donors (Lipinski definition) is 0. The SMILES string of the molecule is CCC(C)(C)[C@@H]1COc2c1ccc(Cl)c2OCC1CC1. The average Bonchev–Trinajstić information content (AvgIpc) is 3.14. The molecule has 0 aromatic heterocycles. The van der Waals surface area contributed by atoms with E-state index in [0.29, 0.717) is 16.9 Å². The first kappa shape index (κ1) is 14.1. The summed E-state index contributed by atoms with van der Waals surface area (Å²) in [7, 11) is 0. The molecule has 1 aliphatic carbocycles. The maximum Gasteiger partial charge on any atom is 0.180 e. The molecule has 1 heterocycles. The van der Waals surface area contributed by atoms with Crippen LogP contribution in [0.1, 0.15) is 51.5 Å². The summed E-state index contributed by atoms with van der Waals surface area (Å²) in [6, 6.07) is 4.06. The second-order valence-electron chi connectivity index (χ2n) is 6.75. The molecule has 3 rings (SSSR count). The summed E-state index contributed by atoms with van der Waals surface area (Å²) in [4.78, 5) is 0. The van der Waals surface area contributed by atoms with E-state index in [-0.39, 0.29) is 5.41 Å². The van der Waals surface area contributed by atoms with Gasteiger partial charge in [0.05, 0.1) is 18.2 Å². The molecule has 0 amide bonds. The molecule has 1 aromatic rings. The molecule has 0 unspecified atom stereocenters. The van der Waals surface area contributed by atoms with E-state index >= 15 is 0 Å². The molecule has 0 saturated heterocycles. The van der Waals surface area contributed by atoms with E-state index in [2.05, 4.69) is 26.8 Å². The third kappa shape index (κ3) is 2.50. The molecule has 2 nitrogen and oxygen atoms in total. The van der Waals surface area contributed by atoms with Gasteiger partial charge in [0.1, 0.15) is 0 Å². The summed E-state index contributed by atoms with van der Waals surface area (Å²) in [6.07, 6.45) is 3.68. The number of halogens is 1. The minimum Gasteiger partial charge on any atom is -0.489 e. The summed E-state index contributed by atoms with van der Waals surface area (Å²) >= 11 is 6.30. The fourth-order valence-electron chi connectivity index (χ4n) is 2.75. The molecule has 1 aromatic carbocycles. The Hall–Kier alpha value is -0.890. The van der Waals surface area contributed by atoms with Crippen LogP contribution in [-0.4, -0.2) is 13.2 Å². The van der Waals surface area contributed by atoms with Crippen LogP contribution in [0.4, 0.5) is 0 Å². The maximum absolute atomic E-state index is 6.30. The van der Waals surface area contributed by atoms with Crippen LogP contribution in [-0.2, 0) is 0 Å². The molecule has 0 spiro atoms. The van der Waals surface area contributed by atoms with Gasteiger partial charge < -0.3 is 9.47 Å². The van der Waals surface area contributed by atoms with Gasteiger partial charge in [0.2, 0.25) is 0 Å². The smallest absolute Gasteiger partial charge is 0.180 e. The molecule has 1 fully saturated rings. The van der Waals surface area contributed by atoms with E-state index in [1.807, 2.05) is 6.07 Å². The Balaban J connectivity index is 1.89. The maximum atomic E-state index is 6.30. The molecule has 1 atom stereocenters. The summed E-state index contributed by atoms with van der Waals surface area (Å²) in [5.41, 5.74) is 1.49.